The number of likely N-dealkylation sites (N-methyl/N-ethyl adjacent to an activating group) is 1. The van der Waals surface area contributed by atoms with Crippen molar-refractivity contribution in [1.29, 1.82) is 0 Å². The van der Waals surface area contributed by atoms with Crippen LogP contribution in [0.5, 0.6) is 5.75 Å². The van der Waals surface area contributed by atoms with E-state index in [0.717, 1.165) is 0 Å². The summed E-state index contributed by atoms with van der Waals surface area (Å²) in [7, 11) is 6.80. The number of hydrogen-bond donors (Lipinski definition) is 6. The quantitative estimate of drug-likeness (QED) is 0.310. The van der Waals surface area contributed by atoms with Crippen LogP contribution in [0.1, 0.15) is 5.56 Å². The molecule has 6 N–H and O–H groups in total. The normalized spacial score (nSPS) is 15.8. The molecule has 1 heterocycles. The lowest BCUT2D eigenvalue weighted by molar-refractivity contribution is -0.263. The zero-order valence-corrected chi connectivity index (χ0v) is 9.68. The van der Waals surface area contributed by atoms with Gasteiger partial charge in [-0.25, -0.2) is 0 Å². The third-order valence-corrected chi connectivity index (χ3v) is 2.97. The Morgan fingerprint density at radius 3 is 2.56 bits per heavy atom. The fraction of sp³-hybridized carbons (Fsp3) is 0.273. The fourth-order valence-electron chi connectivity index (χ4n) is 1.84. The summed E-state index contributed by atoms with van der Waals surface area (Å²) in [4.78, 5) is 2.78. The maximum absolute atomic E-state index is 10.1. The molecular weight excluding hydrogens is 235 g/mol. The zero-order valence-electron chi connectivity index (χ0n) is 9.68. The Morgan fingerprint density at radius 1 is 1.28 bits per heavy atom. The highest BCUT2D eigenvalue weighted by Crippen LogP contribution is 2.36. The van der Waals surface area contributed by atoms with E-state index in [1.165, 1.54) is 19.3 Å². The van der Waals surface area contributed by atoms with Crippen LogP contribution in [0.15, 0.2) is 24.4 Å². The highest BCUT2D eigenvalue weighted by atomic mass is 16.5. The monoisotopic (exact) mass is 248 g/mol. The first kappa shape index (κ1) is 12.9. The van der Waals surface area contributed by atoms with Crippen molar-refractivity contribution >= 4 is 18.7 Å². The Bertz CT molecular complexity index is 579. The number of aromatic hydroxyl groups is 1. The molecule has 2 rings (SSSR count). The second-order valence-electron chi connectivity index (χ2n) is 4.09. The van der Waals surface area contributed by atoms with E-state index < -0.39 is 11.4 Å². The molecule has 1 aromatic heterocycles. The Balaban J connectivity index is 2.68. The average molecular weight is 248 g/mol. The van der Waals surface area contributed by atoms with Crippen molar-refractivity contribution in [3.63, 3.8) is 0 Å². The van der Waals surface area contributed by atoms with Crippen LogP contribution in [-0.4, -0.2) is 46.2 Å². The van der Waals surface area contributed by atoms with Gasteiger partial charge < -0.3 is 25.4 Å². The highest BCUT2D eigenvalue weighted by molar-refractivity contribution is 6.17. The van der Waals surface area contributed by atoms with Gasteiger partial charge in [0.2, 0.25) is 5.91 Å². The van der Waals surface area contributed by atoms with Crippen molar-refractivity contribution in [1.82, 2.24) is 10.3 Å². The number of aliphatic hydroxyl groups is 3. The number of phenolic OH excluding ortho intramolecular Hbond substituents is 1. The van der Waals surface area contributed by atoms with Gasteiger partial charge in [-0.3, -0.25) is 5.32 Å². The SMILES string of the molecule is [B]C(O)(c1c[nH]c2cccc(O)c12)C(O)(O)NC. The third kappa shape index (κ3) is 1.68. The molecule has 6 nitrogen and oxygen atoms in total. The Labute approximate surface area is 104 Å². The van der Waals surface area contributed by atoms with Crippen molar-refractivity contribution < 1.29 is 20.4 Å². The van der Waals surface area contributed by atoms with Crippen LogP contribution in [0.3, 0.4) is 0 Å². The van der Waals surface area contributed by atoms with Crippen LogP contribution >= 0.6 is 0 Å². The molecular formula is C11H13BN2O4. The molecule has 0 fully saturated rings. The lowest BCUT2D eigenvalue weighted by Crippen LogP contribution is -2.60. The molecule has 0 bridgehead atoms. The largest absolute Gasteiger partial charge is 0.507 e. The van der Waals surface area contributed by atoms with Crippen molar-refractivity contribution in [2.75, 3.05) is 7.05 Å². The Hall–Kier alpha value is -1.54. The Morgan fingerprint density at radius 2 is 1.94 bits per heavy atom. The predicted octanol–water partition coefficient (Wildman–Crippen LogP) is -0.955. The van der Waals surface area contributed by atoms with Crippen molar-refractivity contribution in [3.05, 3.63) is 30.0 Å². The van der Waals surface area contributed by atoms with Gasteiger partial charge in [-0.05, 0) is 19.2 Å². The van der Waals surface area contributed by atoms with Gasteiger partial charge in [0, 0.05) is 22.7 Å². The Kier molecular flexibility index (Phi) is 2.86. The maximum atomic E-state index is 10.1. The van der Waals surface area contributed by atoms with Crippen molar-refractivity contribution in [3.8, 4) is 5.75 Å². The summed E-state index contributed by atoms with van der Waals surface area (Å²) >= 11 is 0. The topological polar surface area (TPSA) is 109 Å². The summed E-state index contributed by atoms with van der Waals surface area (Å²) in [5, 5.41) is 41.5. The fourth-order valence-corrected chi connectivity index (χ4v) is 1.84. The molecule has 0 aliphatic heterocycles. The lowest BCUT2D eigenvalue weighted by atomic mass is 9.72. The molecule has 7 heteroatoms. The summed E-state index contributed by atoms with van der Waals surface area (Å²) in [6.07, 6.45) is 1.31. The van der Waals surface area contributed by atoms with Gasteiger partial charge in [0.15, 0.2) is 0 Å². The van der Waals surface area contributed by atoms with Crippen LogP contribution in [0.4, 0.5) is 0 Å². The minimum absolute atomic E-state index is 0.0325. The number of nitrogens with one attached hydrogen (secondary N) is 2. The molecule has 0 aliphatic carbocycles. The third-order valence-electron chi connectivity index (χ3n) is 2.97. The number of aromatic amines is 1. The molecule has 94 valence electrons. The predicted molar refractivity (Wildman–Crippen MR) is 65.8 cm³/mol. The first-order valence-electron chi connectivity index (χ1n) is 5.25. The molecule has 0 saturated carbocycles. The smallest absolute Gasteiger partial charge is 0.247 e. The molecule has 0 spiro atoms. The van der Waals surface area contributed by atoms with E-state index >= 15 is 0 Å². The van der Waals surface area contributed by atoms with E-state index in [-0.39, 0.29) is 16.7 Å². The first-order chi connectivity index (χ1) is 8.31. The molecule has 1 unspecified atom stereocenters. The van der Waals surface area contributed by atoms with Crippen molar-refractivity contribution in [2.24, 2.45) is 0 Å². The molecule has 2 radical (unpaired) electrons. The van der Waals surface area contributed by atoms with Crippen LogP contribution in [-0.2, 0) is 5.50 Å². The molecule has 0 aliphatic rings. The van der Waals surface area contributed by atoms with Gasteiger partial charge >= 0.3 is 0 Å². The number of rotatable bonds is 3. The summed E-state index contributed by atoms with van der Waals surface area (Å²) < 4.78 is 0. The van der Waals surface area contributed by atoms with Gasteiger partial charge in [0.25, 0.3) is 0 Å². The second kappa shape index (κ2) is 3.99. The minimum atomic E-state index is -2.75. The van der Waals surface area contributed by atoms with Gasteiger partial charge in [0.1, 0.15) is 19.1 Å². The van der Waals surface area contributed by atoms with E-state index in [4.69, 9.17) is 7.85 Å². The molecule has 1 aromatic carbocycles. The number of aromatic nitrogens is 1. The molecule has 18 heavy (non-hydrogen) atoms. The number of hydrogen-bond acceptors (Lipinski definition) is 5. The minimum Gasteiger partial charge on any atom is -0.507 e. The molecule has 2 aromatic rings. The van der Waals surface area contributed by atoms with Crippen LogP contribution in [0, 0.1) is 0 Å². The average Bonchev–Trinajstić information content (AvgIpc) is 2.74. The second-order valence-corrected chi connectivity index (χ2v) is 4.09. The number of benzene rings is 1. The van der Waals surface area contributed by atoms with E-state index in [9.17, 15) is 20.4 Å². The molecule has 1 atom stereocenters. The standard InChI is InChI=1S/C11H13BN2O4/c1-13-11(17,18)10(12,16)6-5-14-7-3-2-4-8(15)9(6)7/h2-5,13-18H,1H3. The zero-order chi connectivity index (χ0) is 13.6. The number of phenols is 1. The van der Waals surface area contributed by atoms with Gasteiger partial charge in [-0.15, -0.1) is 0 Å². The summed E-state index contributed by atoms with van der Waals surface area (Å²) in [6.45, 7) is 0. The van der Waals surface area contributed by atoms with Gasteiger partial charge in [-0.1, -0.05) is 6.07 Å². The van der Waals surface area contributed by atoms with E-state index in [1.807, 2.05) is 0 Å². The van der Waals surface area contributed by atoms with Crippen LogP contribution in [0.2, 0.25) is 0 Å². The summed E-state index contributed by atoms with van der Waals surface area (Å²) in [5.41, 5.74) is -2.02. The van der Waals surface area contributed by atoms with Crippen LogP contribution < -0.4 is 5.32 Å². The highest BCUT2D eigenvalue weighted by Gasteiger charge is 2.45. The van der Waals surface area contributed by atoms with Crippen molar-refractivity contribution in [2.45, 2.75) is 11.4 Å². The van der Waals surface area contributed by atoms with E-state index in [0.29, 0.717) is 5.52 Å². The van der Waals surface area contributed by atoms with E-state index in [1.54, 1.807) is 12.1 Å². The summed E-state index contributed by atoms with van der Waals surface area (Å²) in [5.74, 6) is -2.87. The number of fused-ring (bicyclic) bond motifs is 1. The lowest BCUT2D eigenvalue weighted by Gasteiger charge is -2.36. The van der Waals surface area contributed by atoms with Gasteiger partial charge in [0.05, 0.1) is 0 Å². The molecule has 0 saturated heterocycles. The summed E-state index contributed by atoms with van der Waals surface area (Å²) in [6, 6.07) is 4.67. The molecule has 0 amide bonds. The van der Waals surface area contributed by atoms with Gasteiger partial charge in [-0.2, -0.15) is 0 Å². The van der Waals surface area contributed by atoms with Crippen LogP contribution in [0.25, 0.3) is 10.9 Å². The van der Waals surface area contributed by atoms with E-state index in [2.05, 4.69) is 10.3 Å². The first-order valence-corrected chi connectivity index (χ1v) is 5.25. The number of H-pyrrole nitrogens is 1. The maximum Gasteiger partial charge on any atom is 0.247 e.